The number of ether oxygens (including phenoxy) is 1. The van der Waals surface area contributed by atoms with Gasteiger partial charge in [0.1, 0.15) is 5.75 Å². The summed E-state index contributed by atoms with van der Waals surface area (Å²) in [5, 5.41) is 7.91. The highest BCUT2D eigenvalue weighted by molar-refractivity contribution is 7.89. The number of nitrogens with two attached hydrogens (primary N) is 1. The van der Waals surface area contributed by atoms with Gasteiger partial charge in [0.15, 0.2) is 6.61 Å². The normalized spacial score (nSPS) is 14.5. The fraction of sp³-hybridized carbons (Fsp3) is 0.316. The van der Waals surface area contributed by atoms with Crippen molar-refractivity contribution in [1.82, 2.24) is 5.32 Å². The lowest BCUT2D eigenvalue weighted by Crippen LogP contribution is -2.31. The molecule has 7 heteroatoms. The van der Waals surface area contributed by atoms with Crippen LogP contribution in [0.15, 0.2) is 47.4 Å². The number of sulfonamides is 1. The van der Waals surface area contributed by atoms with Gasteiger partial charge in [-0.1, -0.05) is 18.2 Å². The summed E-state index contributed by atoms with van der Waals surface area (Å²) >= 11 is 0. The SMILES string of the molecule is C[C@H](NC(=O)COc1ccc2c(c1)CCC2)c1ccc(S(N)(=O)=O)cc1. The van der Waals surface area contributed by atoms with E-state index in [1.165, 1.54) is 29.7 Å². The predicted octanol–water partition coefficient (Wildman–Crippen LogP) is 2.08. The molecule has 0 aromatic heterocycles. The Balaban J connectivity index is 1.54. The number of primary sulfonamides is 1. The van der Waals surface area contributed by atoms with E-state index in [0.717, 1.165) is 18.4 Å². The summed E-state index contributed by atoms with van der Waals surface area (Å²) in [6.07, 6.45) is 3.34. The Morgan fingerprint density at radius 1 is 1.15 bits per heavy atom. The van der Waals surface area contributed by atoms with Crippen LogP contribution in [0.3, 0.4) is 0 Å². The Morgan fingerprint density at radius 2 is 1.85 bits per heavy atom. The third kappa shape index (κ3) is 4.42. The Hall–Kier alpha value is -2.38. The van der Waals surface area contributed by atoms with E-state index in [1.807, 2.05) is 19.1 Å². The topological polar surface area (TPSA) is 98.5 Å². The van der Waals surface area contributed by atoms with Crippen molar-refractivity contribution in [3.63, 3.8) is 0 Å². The van der Waals surface area contributed by atoms with Crippen molar-refractivity contribution in [2.75, 3.05) is 6.61 Å². The van der Waals surface area contributed by atoms with Crippen molar-refractivity contribution in [2.24, 2.45) is 5.14 Å². The molecule has 6 nitrogen and oxygen atoms in total. The second-order valence-corrected chi connectivity index (χ2v) is 8.04. The lowest BCUT2D eigenvalue weighted by atomic mass is 10.1. The second-order valence-electron chi connectivity index (χ2n) is 6.48. The van der Waals surface area contributed by atoms with E-state index in [4.69, 9.17) is 9.88 Å². The van der Waals surface area contributed by atoms with Gasteiger partial charge in [0.2, 0.25) is 10.0 Å². The molecule has 0 spiro atoms. The van der Waals surface area contributed by atoms with Crippen LogP contribution in [-0.2, 0) is 27.7 Å². The summed E-state index contributed by atoms with van der Waals surface area (Å²) in [5.41, 5.74) is 3.44. The summed E-state index contributed by atoms with van der Waals surface area (Å²) in [6, 6.07) is 11.8. The molecule has 0 radical (unpaired) electrons. The predicted molar refractivity (Wildman–Crippen MR) is 98.3 cm³/mol. The van der Waals surface area contributed by atoms with Crippen LogP contribution in [0.25, 0.3) is 0 Å². The molecule has 2 aromatic carbocycles. The van der Waals surface area contributed by atoms with Gasteiger partial charge in [0, 0.05) is 0 Å². The molecule has 0 heterocycles. The first-order valence-corrected chi connectivity index (χ1v) is 10.0. The van der Waals surface area contributed by atoms with Crippen LogP contribution < -0.4 is 15.2 Å². The Bertz CT molecular complexity index is 908. The summed E-state index contributed by atoms with van der Waals surface area (Å²) < 4.78 is 28.1. The number of hydrogen-bond acceptors (Lipinski definition) is 4. The van der Waals surface area contributed by atoms with Crippen molar-refractivity contribution in [3.05, 3.63) is 59.2 Å². The standard InChI is InChI=1S/C19H22N2O4S/c1-13(14-6-9-18(10-7-14)26(20,23)24)21-19(22)12-25-17-8-5-15-3-2-4-16(15)11-17/h5-11,13H,2-4,12H2,1H3,(H,21,22)(H2,20,23,24)/t13-/m0/s1. The third-order valence-electron chi connectivity index (χ3n) is 4.53. The molecule has 26 heavy (non-hydrogen) atoms. The zero-order chi connectivity index (χ0) is 18.7. The molecular formula is C19H22N2O4S. The van der Waals surface area contributed by atoms with Crippen molar-refractivity contribution >= 4 is 15.9 Å². The Labute approximate surface area is 153 Å². The molecular weight excluding hydrogens is 352 g/mol. The van der Waals surface area contributed by atoms with Crippen LogP contribution in [-0.4, -0.2) is 20.9 Å². The summed E-state index contributed by atoms with van der Waals surface area (Å²) in [4.78, 5) is 12.1. The molecule has 138 valence electrons. The minimum atomic E-state index is -3.72. The molecule has 0 unspecified atom stereocenters. The first-order chi connectivity index (χ1) is 12.3. The molecule has 2 aromatic rings. The molecule has 1 aliphatic rings. The average molecular weight is 374 g/mol. The number of fused-ring (bicyclic) bond motifs is 1. The van der Waals surface area contributed by atoms with E-state index < -0.39 is 10.0 Å². The highest BCUT2D eigenvalue weighted by Gasteiger charge is 2.14. The van der Waals surface area contributed by atoms with Gasteiger partial charge in [-0.05, 0) is 67.1 Å². The first kappa shape index (κ1) is 18.4. The van der Waals surface area contributed by atoms with Gasteiger partial charge >= 0.3 is 0 Å². The maximum Gasteiger partial charge on any atom is 0.258 e. The molecule has 1 aliphatic carbocycles. The van der Waals surface area contributed by atoms with Crippen LogP contribution >= 0.6 is 0 Å². The zero-order valence-electron chi connectivity index (χ0n) is 14.6. The molecule has 1 amide bonds. The highest BCUT2D eigenvalue weighted by Crippen LogP contribution is 2.26. The van der Waals surface area contributed by atoms with E-state index in [9.17, 15) is 13.2 Å². The summed E-state index contributed by atoms with van der Waals surface area (Å²) in [6.45, 7) is 1.75. The van der Waals surface area contributed by atoms with Crippen molar-refractivity contribution in [3.8, 4) is 5.75 Å². The van der Waals surface area contributed by atoms with Gasteiger partial charge in [0.05, 0.1) is 10.9 Å². The number of carbonyl (C=O) groups is 1. The van der Waals surface area contributed by atoms with Gasteiger partial charge in [-0.25, -0.2) is 13.6 Å². The zero-order valence-corrected chi connectivity index (χ0v) is 15.4. The van der Waals surface area contributed by atoms with Gasteiger partial charge in [-0.15, -0.1) is 0 Å². The molecule has 3 N–H and O–H groups in total. The quantitative estimate of drug-likeness (QED) is 0.809. The third-order valence-corrected chi connectivity index (χ3v) is 5.46. The van der Waals surface area contributed by atoms with E-state index >= 15 is 0 Å². The maximum atomic E-state index is 12.1. The highest BCUT2D eigenvalue weighted by atomic mass is 32.2. The molecule has 0 saturated carbocycles. The van der Waals surface area contributed by atoms with E-state index in [1.54, 1.807) is 12.1 Å². The molecule has 1 atom stereocenters. The number of aryl methyl sites for hydroxylation is 2. The molecule has 0 saturated heterocycles. The molecule has 0 fully saturated rings. The Kier molecular flexibility index (Phi) is 5.29. The van der Waals surface area contributed by atoms with Gasteiger partial charge < -0.3 is 10.1 Å². The van der Waals surface area contributed by atoms with E-state index in [-0.39, 0.29) is 23.5 Å². The van der Waals surface area contributed by atoms with Crippen LogP contribution in [0, 0.1) is 0 Å². The number of amides is 1. The minimum Gasteiger partial charge on any atom is -0.484 e. The monoisotopic (exact) mass is 374 g/mol. The van der Waals surface area contributed by atoms with Crippen molar-refractivity contribution in [2.45, 2.75) is 37.1 Å². The average Bonchev–Trinajstić information content (AvgIpc) is 3.07. The Morgan fingerprint density at radius 3 is 2.54 bits per heavy atom. The lowest BCUT2D eigenvalue weighted by molar-refractivity contribution is -0.123. The fourth-order valence-corrected chi connectivity index (χ4v) is 3.61. The van der Waals surface area contributed by atoms with E-state index in [2.05, 4.69) is 11.4 Å². The van der Waals surface area contributed by atoms with Gasteiger partial charge in [-0.2, -0.15) is 0 Å². The number of rotatable bonds is 6. The summed E-state index contributed by atoms with van der Waals surface area (Å²) in [5.74, 6) is 0.458. The fourth-order valence-electron chi connectivity index (χ4n) is 3.10. The van der Waals surface area contributed by atoms with Crippen LogP contribution in [0.2, 0.25) is 0 Å². The number of hydrogen-bond donors (Lipinski definition) is 2. The van der Waals surface area contributed by atoms with Gasteiger partial charge in [-0.3, -0.25) is 4.79 Å². The molecule has 0 bridgehead atoms. The smallest absolute Gasteiger partial charge is 0.258 e. The first-order valence-electron chi connectivity index (χ1n) is 8.49. The second kappa shape index (κ2) is 7.47. The largest absolute Gasteiger partial charge is 0.484 e. The summed E-state index contributed by atoms with van der Waals surface area (Å²) in [7, 11) is -3.72. The lowest BCUT2D eigenvalue weighted by Gasteiger charge is -2.15. The van der Waals surface area contributed by atoms with Crippen LogP contribution in [0.4, 0.5) is 0 Å². The van der Waals surface area contributed by atoms with Crippen LogP contribution in [0.5, 0.6) is 5.75 Å². The molecule has 0 aliphatic heterocycles. The van der Waals surface area contributed by atoms with Crippen molar-refractivity contribution in [1.29, 1.82) is 0 Å². The van der Waals surface area contributed by atoms with E-state index in [0.29, 0.717) is 5.75 Å². The number of nitrogens with one attached hydrogen (secondary N) is 1. The minimum absolute atomic E-state index is 0.0414. The number of benzene rings is 2. The van der Waals surface area contributed by atoms with Crippen molar-refractivity contribution < 1.29 is 17.9 Å². The molecule has 3 rings (SSSR count). The number of carbonyl (C=O) groups excluding carboxylic acids is 1. The maximum absolute atomic E-state index is 12.1. The van der Waals surface area contributed by atoms with Crippen LogP contribution in [0.1, 0.15) is 36.1 Å². The van der Waals surface area contributed by atoms with Gasteiger partial charge in [0.25, 0.3) is 5.91 Å².